The van der Waals surface area contributed by atoms with Gasteiger partial charge in [0.15, 0.2) is 5.69 Å². The molecule has 1 amide bonds. The zero-order valence-electron chi connectivity index (χ0n) is 11.2. The zero-order valence-corrected chi connectivity index (χ0v) is 11.2. The molecule has 5 nitrogen and oxygen atoms in total. The summed E-state index contributed by atoms with van der Waals surface area (Å²) in [7, 11) is 2.01. The van der Waals surface area contributed by atoms with Crippen LogP contribution in [0.25, 0.3) is 0 Å². The predicted octanol–water partition coefficient (Wildman–Crippen LogP) is 1.51. The fourth-order valence-electron chi connectivity index (χ4n) is 2.29. The van der Waals surface area contributed by atoms with Crippen LogP contribution in [0.3, 0.4) is 0 Å². The minimum atomic E-state index is -2.64. The van der Waals surface area contributed by atoms with E-state index in [2.05, 4.69) is 15.1 Å². The van der Waals surface area contributed by atoms with Crippen LogP contribution in [0.2, 0.25) is 0 Å². The van der Waals surface area contributed by atoms with Crippen molar-refractivity contribution >= 4 is 5.91 Å². The van der Waals surface area contributed by atoms with Gasteiger partial charge < -0.3 is 4.90 Å². The van der Waals surface area contributed by atoms with Gasteiger partial charge in [0, 0.05) is 25.2 Å². The number of H-pyrrole nitrogens is 1. The van der Waals surface area contributed by atoms with Gasteiger partial charge in [-0.2, -0.15) is 5.10 Å². The zero-order chi connectivity index (χ0) is 14.2. The number of piperazine rings is 1. The molecule has 0 spiro atoms. The maximum atomic E-state index is 12.5. The first-order valence-electron chi connectivity index (χ1n) is 6.24. The monoisotopic (exact) mass is 272 g/mol. The molecule has 106 valence electrons. The molecule has 2 atom stereocenters. The fraction of sp³-hybridized carbons (Fsp3) is 0.667. The third-order valence-corrected chi connectivity index (χ3v) is 3.61. The number of carbonyl (C=O) groups excluding carboxylic acids is 1. The molecule has 0 aromatic carbocycles. The van der Waals surface area contributed by atoms with Crippen molar-refractivity contribution in [1.82, 2.24) is 20.0 Å². The number of likely N-dealkylation sites (N-methyl/N-ethyl adjacent to an activating group) is 1. The van der Waals surface area contributed by atoms with Crippen LogP contribution in [0.15, 0.2) is 6.07 Å². The summed E-state index contributed by atoms with van der Waals surface area (Å²) in [5.41, 5.74) is -0.267. The Morgan fingerprint density at radius 2 is 2.11 bits per heavy atom. The number of carbonyl (C=O) groups is 1. The quantitative estimate of drug-likeness (QED) is 0.888. The van der Waals surface area contributed by atoms with Crippen molar-refractivity contribution in [2.75, 3.05) is 20.1 Å². The molecule has 19 heavy (non-hydrogen) atoms. The molecule has 1 aromatic heterocycles. The topological polar surface area (TPSA) is 52.2 Å². The van der Waals surface area contributed by atoms with E-state index in [1.165, 1.54) is 0 Å². The molecule has 1 aromatic rings. The smallest absolute Gasteiger partial charge is 0.279 e. The van der Waals surface area contributed by atoms with Crippen LogP contribution < -0.4 is 0 Å². The lowest BCUT2D eigenvalue weighted by atomic mass is 10.1. The number of rotatable bonds is 2. The molecular formula is C12H18F2N4O. The molecule has 1 N–H and O–H groups in total. The van der Waals surface area contributed by atoms with Crippen molar-refractivity contribution in [3.8, 4) is 0 Å². The summed E-state index contributed by atoms with van der Waals surface area (Å²) < 4.78 is 24.9. The molecule has 0 radical (unpaired) electrons. The van der Waals surface area contributed by atoms with Gasteiger partial charge in [0.1, 0.15) is 5.69 Å². The third-order valence-electron chi connectivity index (χ3n) is 3.61. The maximum absolute atomic E-state index is 12.5. The van der Waals surface area contributed by atoms with Gasteiger partial charge in [-0.15, -0.1) is 0 Å². The first kappa shape index (κ1) is 13.9. The Morgan fingerprint density at radius 3 is 2.68 bits per heavy atom. The van der Waals surface area contributed by atoms with E-state index in [0.717, 1.165) is 12.6 Å². The summed E-state index contributed by atoms with van der Waals surface area (Å²) in [6.45, 7) is 5.31. The molecule has 2 unspecified atom stereocenters. The van der Waals surface area contributed by atoms with E-state index in [1.807, 2.05) is 20.9 Å². The van der Waals surface area contributed by atoms with Gasteiger partial charge >= 0.3 is 0 Å². The van der Waals surface area contributed by atoms with E-state index < -0.39 is 6.43 Å². The molecule has 2 rings (SSSR count). The normalized spacial score (nSPS) is 25.1. The number of nitrogens with one attached hydrogen (secondary N) is 1. The van der Waals surface area contributed by atoms with E-state index in [9.17, 15) is 13.6 Å². The fourth-order valence-corrected chi connectivity index (χ4v) is 2.29. The summed E-state index contributed by atoms with van der Waals surface area (Å²) >= 11 is 0. The van der Waals surface area contributed by atoms with Crippen molar-refractivity contribution in [1.29, 1.82) is 0 Å². The Bertz CT molecular complexity index is 462. The Morgan fingerprint density at radius 1 is 1.42 bits per heavy atom. The highest BCUT2D eigenvalue weighted by atomic mass is 19.3. The first-order valence-corrected chi connectivity index (χ1v) is 6.24. The predicted molar refractivity (Wildman–Crippen MR) is 66.1 cm³/mol. The molecule has 1 aliphatic heterocycles. The molecule has 1 fully saturated rings. The minimum Gasteiger partial charge on any atom is -0.332 e. The Labute approximate surface area is 110 Å². The van der Waals surface area contributed by atoms with Gasteiger partial charge in [0.05, 0.1) is 0 Å². The van der Waals surface area contributed by atoms with Crippen molar-refractivity contribution in [3.63, 3.8) is 0 Å². The van der Waals surface area contributed by atoms with Crippen LogP contribution in [0.4, 0.5) is 8.78 Å². The van der Waals surface area contributed by atoms with E-state index in [1.54, 1.807) is 4.90 Å². The number of nitrogens with zero attached hydrogens (tertiary/aromatic N) is 3. The molecule has 1 saturated heterocycles. The van der Waals surface area contributed by atoms with Crippen LogP contribution in [0, 0.1) is 0 Å². The number of aromatic amines is 1. The Balaban J connectivity index is 2.14. The van der Waals surface area contributed by atoms with Crippen LogP contribution in [0.1, 0.15) is 36.5 Å². The van der Waals surface area contributed by atoms with Gasteiger partial charge in [-0.05, 0) is 27.0 Å². The molecule has 0 saturated carbocycles. The molecule has 1 aliphatic rings. The SMILES string of the molecule is CC1CN(C(=O)c2cc(C(F)F)[nH]n2)C(C)CN1C. The number of aromatic nitrogens is 2. The number of amides is 1. The van der Waals surface area contributed by atoms with Gasteiger partial charge in [-0.1, -0.05) is 0 Å². The van der Waals surface area contributed by atoms with Crippen LogP contribution in [-0.4, -0.2) is 58.1 Å². The van der Waals surface area contributed by atoms with Gasteiger partial charge in [-0.25, -0.2) is 8.78 Å². The highest BCUT2D eigenvalue weighted by Crippen LogP contribution is 2.20. The summed E-state index contributed by atoms with van der Waals surface area (Å²) in [5.74, 6) is -0.296. The highest BCUT2D eigenvalue weighted by Gasteiger charge is 2.31. The van der Waals surface area contributed by atoms with Crippen molar-refractivity contribution in [3.05, 3.63) is 17.5 Å². The summed E-state index contributed by atoms with van der Waals surface area (Å²) in [6, 6.07) is 1.41. The largest absolute Gasteiger partial charge is 0.332 e. The lowest BCUT2D eigenvalue weighted by Crippen LogP contribution is -2.56. The van der Waals surface area contributed by atoms with Crippen molar-refractivity contribution in [2.24, 2.45) is 0 Å². The summed E-state index contributed by atoms with van der Waals surface area (Å²) in [6.07, 6.45) is -2.64. The van der Waals surface area contributed by atoms with Crippen molar-refractivity contribution in [2.45, 2.75) is 32.4 Å². The van der Waals surface area contributed by atoms with E-state index >= 15 is 0 Å². The lowest BCUT2D eigenvalue weighted by molar-refractivity contribution is 0.0392. The molecule has 0 aliphatic carbocycles. The summed E-state index contributed by atoms with van der Waals surface area (Å²) in [4.78, 5) is 16.1. The second-order valence-corrected chi connectivity index (χ2v) is 5.10. The van der Waals surface area contributed by atoms with Crippen LogP contribution in [0.5, 0.6) is 0 Å². The number of halogens is 2. The highest BCUT2D eigenvalue weighted by molar-refractivity contribution is 5.92. The molecule has 2 heterocycles. The van der Waals surface area contributed by atoms with Gasteiger partial charge in [-0.3, -0.25) is 14.8 Å². The van der Waals surface area contributed by atoms with E-state index in [4.69, 9.17) is 0 Å². The van der Waals surface area contributed by atoms with E-state index in [0.29, 0.717) is 6.54 Å². The molecule has 0 bridgehead atoms. The summed E-state index contributed by atoms with van der Waals surface area (Å²) in [5, 5.41) is 5.88. The molecule has 7 heteroatoms. The average Bonchev–Trinajstić information content (AvgIpc) is 2.82. The molecular weight excluding hydrogens is 254 g/mol. The average molecular weight is 272 g/mol. The lowest BCUT2D eigenvalue weighted by Gasteiger charge is -2.42. The standard InChI is InChI=1S/C12H18F2N4O/c1-7-6-18(8(2)5-17(7)3)12(19)10-4-9(11(13)14)15-16-10/h4,7-8,11H,5-6H2,1-3H3,(H,15,16). The number of hydrogen-bond donors (Lipinski definition) is 1. The Hall–Kier alpha value is -1.50. The van der Waals surface area contributed by atoms with E-state index in [-0.39, 0.29) is 29.4 Å². The maximum Gasteiger partial charge on any atom is 0.279 e. The second-order valence-electron chi connectivity index (χ2n) is 5.10. The first-order chi connectivity index (χ1) is 8.90. The van der Waals surface area contributed by atoms with Crippen LogP contribution >= 0.6 is 0 Å². The van der Waals surface area contributed by atoms with Gasteiger partial charge in [0.25, 0.3) is 12.3 Å². The number of alkyl halides is 2. The van der Waals surface area contributed by atoms with Gasteiger partial charge in [0.2, 0.25) is 0 Å². The second kappa shape index (κ2) is 5.24. The Kier molecular flexibility index (Phi) is 3.84. The number of hydrogen-bond acceptors (Lipinski definition) is 3. The van der Waals surface area contributed by atoms with Crippen molar-refractivity contribution < 1.29 is 13.6 Å². The van der Waals surface area contributed by atoms with Crippen LogP contribution in [-0.2, 0) is 0 Å². The third kappa shape index (κ3) is 2.75. The minimum absolute atomic E-state index is 0.0420.